The molecule has 92 valence electrons. The van der Waals surface area contributed by atoms with Gasteiger partial charge in [0.25, 0.3) is 0 Å². The summed E-state index contributed by atoms with van der Waals surface area (Å²) in [7, 11) is 0. The predicted octanol–water partition coefficient (Wildman–Crippen LogP) is 1.97. The van der Waals surface area contributed by atoms with E-state index in [0.717, 1.165) is 11.3 Å². The predicted molar refractivity (Wildman–Crippen MR) is 65.5 cm³/mol. The van der Waals surface area contributed by atoms with E-state index in [-0.39, 0.29) is 5.78 Å². The molecular weight excluding hydrogens is 230 g/mol. The molecule has 1 aliphatic heterocycles. The first kappa shape index (κ1) is 11.0. The first-order valence-electron chi connectivity index (χ1n) is 5.90. The number of carbonyl (C=O) groups excluding carboxylic acids is 1. The summed E-state index contributed by atoms with van der Waals surface area (Å²) < 4.78 is 5.38. The lowest BCUT2D eigenvalue weighted by molar-refractivity contribution is 0.0979. The summed E-state index contributed by atoms with van der Waals surface area (Å²) in [4.78, 5) is 13.9. The van der Waals surface area contributed by atoms with E-state index in [4.69, 9.17) is 4.42 Å². The number of carbonyl (C=O) groups is 1. The van der Waals surface area contributed by atoms with Crippen LogP contribution >= 0.6 is 0 Å². The van der Waals surface area contributed by atoms with E-state index in [9.17, 15) is 4.79 Å². The number of benzene rings is 1. The fourth-order valence-corrected chi connectivity index (χ4v) is 2.21. The summed E-state index contributed by atoms with van der Waals surface area (Å²) in [6.45, 7) is 3.01. The van der Waals surface area contributed by atoms with E-state index in [1.165, 1.54) is 0 Å². The zero-order valence-corrected chi connectivity index (χ0v) is 10.1. The van der Waals surface area contributed by atoms with Gasteiger partial charge in [-0.3, -0.25) is 4.79 Å². The van der Waals surface area contributed by atoms with Crippen molar-refractivity contribution in [3.63, 3.8) is 0 Å². The fourth-order valence-electron chi connectivity index (χ4n) is 2.21. The lowest BCUT2D eigenvalue weighted by atomic mass is 10.0. The zero-order chi connectivity index (χ0) is 12.5. The van der Waals surface area contributed by atoms with Gasteiger partial charge in [0.1, 0.15) is 0 Å². The second-order valence-electron chi connectivity index (χ2n) is 4.33. The minimum absolute atomic E-state index is 0.198. The molecule has 0 aliphatic carbocycles. The van der Waals surface area contributed by atoms with Gasteiger partial charge in [-0.25, -0.2) is 0 Å². The van der Waals surface area contributed by atoms with Crippen molar-refractivity contribution in [3.05, 3.63) is 41.6 Å². The molecule has 18 heavy (non-hydrogen) atoms. The topological polar surface area (TPSA) is 59.2 Å². The van der Waals surface area contributed by atoms with Gasteiger partial charge in [0.05, 0.1) is 6.54 Å². The molecule has 0 saturated carbocycles. The van der Waals surface area contributed by atoms with Crippen LogP contribution in [-0.4, -0.2) is 22.5 Å². The molecule has 0 radical (unpaired) electrons. The second kappa shape index (κ2) is 4.25. The van der Waals surface area contributed by atoms with Crippen LogP contribution in [-0.2, 0) is 6.54 Å². The van der Waals surface area contributed by atoms with Crippen molar-refractivity contribution in [3.8, 4) is 0 Å². The van der Waals surface area contributed by atoms with Crippen molar-refractivity contribution in [2.75, 3.05) is 11.4 Å². The smallest absolute Gasteiger partial charge is 0.235 e. The summed E-state index contributed by atoms with van der Waals surface area (Å²) in [5, 5.41) is 7.80. The molecule has 1 aromatic carbocycles. The standard InChI is InChI=1S/C13H13N3O2/c1-9-14-15-13(18-9)8-16-7-6-12(17)10-4-2-3-5-11(10)16/h2-5H,6-8H2,1H3. The summed E-state index contributed by atoms with van der Waals surface area (Å²) in [6.07, 6.45) is 0.532. The molecule has 1 aliphatic rings. The van der Waals surface area contributed by atoms with Gasteiger partial charge in [-0.1, -0.05) is 12.1 Å². The number of hydrogen-bond acceptors (Lipinski definition) is 5. The van der Waals surface area contributed by atoms with Crippen molar-refractivity contribution in [1.82, 2.24) is 10.2 Å². The third-order valence-electron chi connectivity index (χ3n) is 3.05. The van der Waals surface area contributed by atoms with Gasteiger partial charge in [0.15, 0.2) is 5.78 Å². The molecule has 5 nitrogen and oxygen atoms in total. The van der Waals surface area contributed by atoms with E-state index in [1.54, 1.807) is 6.92 Å². The Bertz CT molecular complexity index is 591. The number of aromatic nitrogens is 2. The Kier molecular flexibility index (Phi) is 2.59. The number of hydrogen-bond donors (Lipinski definition) is 0. The van der Waals surface area contributed by atoms with Gasteiger partial charge >= 0.3 is 0 Å². The SMILES string of the molecule is Cc1nnc(CN2CCC(=O)c3ccccc32)o1. The summed E-state index contributed by atoms with van der Waals surface area (Å²) in [6, 6.07) is 7.64. The first-order valence-corrected chi connectivity index (χ1v) is 5.90. The molecule has 0 bridgehead atoms. The largest absolute Gasteiger partial charge is 0.424 e. The highest BCUT2D eigenvalue weighted by molar-refractivity contribution is 6.03. The molecule has 0 N–H and O–H groups in total. The molecular formula is C13H13N3O2. The Morgan fingerprint density at radius 3 is 2.94 bits per heavy atom. The van der Waals surface area contributed by atoms with E-state index < -0.39 is 0 Å². The van der Waals surface area contributed by atoms with Crippen LogP contribution in [0.2, 0.25) is 0 Å². The summed E-state index contributed by atoms with van der Waals surface area (Å²) >= 11 is 0. The molecule has 1 aromatic heterocycles. The number of ketones is 1. The number of para-hydroxylation sites is 1. The molecule has 0 atom stereocenters. The third kappa shape index (κ3) is 1.88. The summed E-state index contributed by atoms with van der Waals surface area (Å²) in [5.41, 5.74) is 1.73. The highest BCUT2D eigenvalue weighted by atomic mass is 16.4. The molecule has 0 amide bonds. The maximum absolute atomic E-state index is 11.8. The second-order valence-corrected chi connectivity index (χ2v) is 4.33. The van der Waals surface area contributed by atoms with E-state index in [1.807, 2.05) is 24.3 Å². The van der Waals surface area contributed by atoms with Crippen LogP contribution in [0, 0.1) is 6.92 Å². The van der Waals surface area contributed by atoms with Gasteiger partial charge in [0, 0.05) is 31.1 Å². The molecule has 5 heteroatoms. The van der Waals surface area contributed by atoms with Crippen molar-refractivity contribution in [1.29, 1.82) is 0 Å². The van der Waals surface area contributed by atoms with Crippen molar-refractivity contribution >= 4 is 11.5 Å². The third-order valence-corrected chi connectivity index (χ3v) is 3.05. The fraction of sp³-hybridized carbons (Fsp3) is 0.308. The van der Waals surface area contributed by atoms with Crippen molar-refractivity contribution < 1.29 is 9.21 Å². The molecule has 2 aromatic rings. The highest BCUT2D eigenvalue weighted by Crippen LogP contribution is 2.27. The number of rotatable bonds is 2. The Balaban J connectivity index is 1.90. The van der Waals surface area contributed by atoms with E-state index in [0.29, 0.717) is 31.3 Å². The lowest BCUT2D eigenvalue weighted by Gasteiger charge is -2.29. The molecule has 0 fully saturated rings. The van der Waals surface area contributed by atoms with Gasteiger partial charge in [-0.05, 0) is 12.1 Å². The Hall–Kier alpha value is -2.17. The minimum Gasteiger partial charge on any atom is -0.424 e. The average Bonchev–Trinajstić information content (AvgIpc) is 2.79. The molecule has 0 saturated heterocycles. The number of nitrogens with zero attached hydrogens (tertiary/aromatic N) is 3. The lowest BCUT2D eigenvalue weighted by Crippen LogP contribution is -2.31. The molecule has 0 unspecified atom stereocenters. The van der Waals surface area contributed by atoms with Crippen LogP contribution in [0.15, 0.2) is 28.7 Å². The van der Waals surface area contributed by atoms with Crippen LogP contribution in [0.1, 0.15) is 28.6 Å². The van der Waals surface area contributed by atoms with Crippen LogP contribution < -0.4 is 4.90 Å². The maximum Gasteiger partial charge on any atom is 0.235 e. The first-order chi connectivity index (χ1) is 8.74. The maximum atomic E-state index is 11.8. The number of anilines is 1. The van der Waals surface area contributed by atoms with Gasteiger partial charge in [0.2, 0.25) is 11.8 Å². The number of Topliss-reactive ketones (excluding diaryl/α,β-unsaturated/α-hetero) is 1. The van der Waals surface area contributed by atoms with Gasteiger partial charge in [-0.2, -0.15) is 0 Å². The van der Waals surface area contributed by atoms with Crippen molar-refractivity contribution in [2.24, 2.45) is 0 Å². The van der Waals surface area contributed by atoms with Gasteiger partial charge in [-0.15, -0.1) is 10.2 Å². The average molecular weight is 243 g/mol. The number of aryl methyl sites for hydroxylation is 1. The van der Waals surface area contributed by atoms with E-state index >= 15 is 0 Å². The molecule has 3 rings (SSSR count). The number of fused-ring (bicyclic) bond motifs is 1. The Labute approximate surface area is 104 Å². The monoisotopic (exact) mass is 243 g/mol. The van der Waals surface area contributed by atoms with Crippen LogP contribution in [0.5, 0.6) is 0 Å². The molecule has 2 heterocycles. The highest BCUT2D eigenvalue weighted by Gasteiger charge is 2.23. The molecule has 0 spiro atoms. The zero-order valence-electron chi connectivity index (χ0n) is 10.1. The van der Waals surface area contributed by atoms with Crippen molar-refractivity contribution in [2.45, 2.75) is 19.9 Å². The van der Waals surface area contributed by atoms with Crippen LogP contribution in [0.3, 0.4) is 0 Å². The normalized spacial score (nSPS) is 14.7. The van der Waals surface area contributed by atoms with Crippen LogP contribution in [0.25, 0.3) is 0 Å². The Morgan fingerprint density at radius 1 is 1.33 bits per heavy atom. The quantitative estimate of drug-likeness (QED) is 0.807. The van der Waals surface area contributed by atoms with Crippen LogP contribution in [0.4, 0.5) is 5.69 Å². The Morgan fingerprint density at radius 2 is 2.17 bits per heavy atom. The van der Waals surface area contributed by atoms with E-state index in [2.05, 4.69) is 15.1 Å². The van der Waals surface area contributed by atoms with Gasteiger partial charge < -0.3 is 9.32 Å². The summed E-state index contributed by atoms with van der Waals surface area (Å²) in [5.74, 6) is 1.34. The minimum atomic E-state index is 0.198.